The Morgan fingerprint density at radius 3 is 2.85 bits per heavy atom. The zero-order chi connectivity index (χ0) is 18.8. The molecule has 0 amide bonds. The summed E-state index contributed by atoms with van der Waals surface area (Å²) in [5.74, 6) is 0.752. The molecule has 0 spiro atoms. The Morgan fingerprint density at radius 1 is 1.38 bits per heavy atom. The number of nitrogens with one attached hydrogen (secondary N) is 1. The third-order valence-corrected chi connectivity index (χ3v) is 4.90. The Hall–Kier alpha value is -2.62. The maximum absolute atomic E-state index is 13.0. The second-order valence-electron chi connectivity index (χ2n) is 5.46. The second-order valence-corrected chi connectivity index (χ2v) is 6.46. The monoisotopic (exact) mass is 381 g/mol. The van der Waals surface area contributed by atoms with Gasteiger partial charge in [0.2, 0.25) is 0 Å². The first-order valence-corrected chi connectivity index (χ1v) is 8.72. The van der Waals surface area contributed by atoms with Crippen molar-refractivity contribution in [3.05, 3.63) is 34.5 Å². The minimum absolute atomic E-state index is 0.0624. The van der Waals surface area contributed by atoms with Gasteiger partial charge in [0.1, 0.15) is 27.2 Å². The highest BCUT2D eigenvalue weighted by Crippen LogP contribution is 2.34. The summed E-state index contributed by atoms with van der Waals surface area (Å²) < 4.78 is 31.8. The fourth-order valence-corrected chi connectivity index (χ4v) is 3.71. The van der Waals surface area contributed by atoms with E-state index >= 15 is 0 Å². The fourth-order valence-electron chi connectivity index (χ4n) is 2.59. The Labute approximate surface area is 152 Å². The SMILES string of the molecule is CCOC(=O)c1sc2nc(C)nc(NCc3nccn3C(F)F)c2c1C. The molecule has 7 nitrogen and oxygen atoms in total. The maximum Gasteiger partial charge on any atom is 0.348 e. The topological polar surface area (TPSA) is 81.9 Å². The highest BCUT2D eigenvalue weighted by Gasteiger charge is 2.21. The van der Waals surface area contributed by atoms with Gasteiger partial charge in [-0.3, -0.25) is 4.57 Å². The fraction of sp³-hybridized carbons (Fsp3) is 0.375. The number of esters is 1. The normalized spacial score (nSPS) is 11.3. The van der Waals surface area contributed by atoms with Crippen LogP contribution in [0.1, 0.15) is 40.4 Å². The molecule has 138 valence electrons. The number of carbonyl (C=O) groups is 1. The standard InChI is InChI=1S/C16H17F2N5O2S/c1-4-25-15(24)12-8(2)11-13(21-9(3)22-14(11)26-12)20-7-10-19-5-6-23(10)16(17)18/h5-6,16H,4,7H2,1-3H3,(H,20,21,22). The summed E-state index contributed by atoms with van der Waals surface area (Å²) in [5.41, 5.74) is 0.697. The molecule has 3 heterocycles. The first-order valence-electron chi connectivity index (χ1n) is 7.91. The molecule has 0 aliphatic rings. The molecule has 3 rings (SSSR count). The number of thiophene rings is 1. The molecular weight excluding hydrogens is 364 g/mol. The number of anilines is 1. The van der Waals surface area contributed by atoms with Crippen LogP contribution in [0.5, 0.6) is 0 Å². The summed E-state index contributed by atoms with van der Waals surface area (Å²) >= 11 is 1.23. The van der Waals surface area contributed by atoms with Gasteiger partial charge in [-0.15, -0.1) is 11.3 Å². The van der Waals surface area contributed by atoms with E-state index in [0.29, 0.717) is 32.3 Å². The molecule has 0 saturated heterocycles. The lowest BCUT2D eigenvalue weighted by Gasteiger charge is -2.10. The van der Waals surface area contributed by atoms with E-state index in [1.807, 2.05) is 0 Å². The van der Waals surface area contributed by atoms with E-state index in [4.69, 9.17) is 4.74 Å². The second kappa shape index (κ2) is 7.32. The third kappa shape index (κ3) is 3.36. The predicted octanol–water partition coefficient (Wildman–Crippen LogP) is 3.69. The molecule has 0 radical (unpaired) electrons. The quantitative estimate of drug-likeness (QED) is 0.656. The van der Waals surface area contributed by atoms with E-state index in [-0.39, 0.29) is 19.0 Å². The summed E-state index contributed by atoms with van der Waals surface area (Å²) in [5, 5.41) is 3.72. The van der Waals surface area contributed by atoms with E-state index in [1.165, 1.54) is 23.7 Å². The first-order chi connectivity index (χ1) is 12.4. The highest BCUT2D eigenvalue weighted by molar-refractivity contribution is 7.20. The van der Waals surface area contributed by atoms with Gasteiger partial charge in [0.15, 0.2) is 0 Å². The van der Waals surface area contributed by atoms with Gasteiger partial charge in [0.05, 0.1) is 18.5 Å². The largest absolute Gasteiger partial charge is 0.462 e. The number of carbonyl (C=O) groups excluding carboxylic acids is 1. The number of hydrogen-bond donors (Lipinski definition) is 1. The molecule has 3 aromatic heterocycles. The third-order valence-electron chi connectivity index (χ3n) is 3.74. The van der Waals surface area contributed by atoms with Crippen LogP contribution in [0.4, 0.5) is 14.6 Å². The van der Waals surface area contributed by atoms with Crippen LogP contribution in [-0.4, -0.2) is 32.1 Å². The Bertz CT molecular complexity index is 954. The number of fused-ring (bicyclic) bond motifs is 1. The number of rotatable bonds is 6. The van der Waals surface area contributed by atoms with Crippen molar-refractivity contribution in [2.75, 3.05) is 11.9 Å². The average Bonchev–Trinajstić information content (AvgIpc) is 3.17. The van der Waals surface area contributed by atoms with Crippen molar-refractivity contribution >= 4 is 33.3 Å². The smallest absolute Gasteiger partial charge is 0.348 e. The zero-order valence-electron chi connectivity index (χ0n) is 14.4. The van der Waals surface area contributed by atoms with E-state index in [2.05, 4.69) is 20.3 Å². The molecule has 0 aromatic carbocycles. The summed E-state index contributed by atoms with van der Waals surface area (Å²) in [6.45, 7) is 2.92. The number of nitrogens with zero attached hydrogens (tertiary/aromatic N) is 4. The zero-order valence-corrected chi connectivity index (χ0v) is 15.2. The van der Waals surface area contributed by atoms with Crippen LogP contribution in [0, 0.1) is 13.8 Å². The first kappa shape index (κ1) is 18.2. The van der Waals surface area contributed by atoms with Crippen molar-refractivity contribution in [1.82, 2.24) is 19.5 Å². The van der Waals surface area contributed by atoms with Crippen LogP contribution in [0.3, 0.4) is 0 Å². The lowest BCUT2D eigenvalue weighted by Crippen LogP contribution is -2.10. The molecule has 0 aliphatic carbocycles. The number of ether oxygens (including phenoxy) is 1. The number of halogens is 2. The van der Waals surface area contributed by atoms with Crippen LogP contribution >= 0.6 is 11.3 Å². The van der Waals surface area contributed by atoms with Crippen molar-refractivity contribution in [1.29, 1.82) is 0 Å². The van der Waals surface area contributed by atoms with Crippen LogP contribution in [-0.2, 0) is 11.3 Å². The Balaban J connectivity index is 1.97. The van der Waals surface area contributed by atoms with E-state index in [9.17, 15) is 13.6 Å². The van der Waals surface area contributed by atoms with Crippen molar-refractivity contribution in [3.8, 4) is 0 Å². The van der Waals surface area contributed by atoms with Gasteiger partial charge in [-0.05, 0) is 26.3 Å². The Kier molecular flexibility index (Phi) is 5.12. The molecule has 0 saturated carbocycles. The van der Waals surface area contributed by atoms with Gasteiger partial charge in [-0.25, -0.2) is 19.7 Å². The van der Waals surface area contributed by atoms with Crippen molar-refractivity contribution in [2.45, 2.75) is 33.9 Å². The van der Waals surface area contributed by atoms with Crippen molar-refractivity contribution in [3.63, 3.8) is 0 Å². The number of aromatic nitrogens is 4. The predicted molar refractivity (Wildman–Crippen MR) is 93.7 cm³/mol. The molecule has 0 bridgehead atoms. The van der Waals surface area contributed by atoms with Crippen LogP contribution < -0.4 is 5.32 Å². The van der Waals surface area contributed by atoms with Gasteiger partial charge < -0.3 is 10.1 Å². The van der Waals surface area contributed by atoms with Crippen molar-refractivity contribution in [2.24, 2.45) is 0 Å². The molecule has 0 fully saturated rings. The number of imidazole rings is 1. The Morgan fingerprint density at radius 2 is 2.15 bits per heavy atom. The minimum Gasteiger partial charge on any atom is -0.462 e. The molecule has 26 heavy (non-hydrogen) atoms. The lowest BCUT2D eigenvalue weighted by molar-refractivity contribution is 0.0531. The summed E-state index contributed by atoms with van der Waals surface area (Å²) in [6.07, 6.45) is 2.54. The number of aryl methyl sites for hydroxylation is 2. The van der Waals surface area contributed by atoms with Gasteiger partial charge >= 0.3 is 12.5 Å². The molecule has 1 N–H and O–H groups in total. The molecule has 3 aromatic rings. The van der Waals surface area contributed by atoms with Gasteiger partial charge in [0.25, 0.3) is 0 Å². The van der Waals surface area contributed by atoms with Gasteiger partial charge in [-0.1, -0.05) is 0 Å². The van der Waals surface area contributed by atoms with Crippen LogP contribution in [0.15, 0.2) is 12.4 Å². The number of alkyl halides is 2. The summed E-state index contributed by atoms with van der Waals surface area (Å²) in [6, 6.07) is 0. The van der Waals surface area contributed by atoms with Crippen LogP contribution in [0.25, 0.3) is 10.2 Å². The van der Waals surface area contributed by atoms with Gasteiger partial charge in [-0.2, -0.15) is 8.78 Å². The van der Waals surface area contributed by atoms with Gasteiger partial charge in [0, 0.05) is 12.4 Å². The summed E-state index contributed by atoms with van der Waals surface area (Å²) in [7, 11) is 0. The number of hydrogen-bond acceptors (Lipinski definition) is 7. The molecule has 10 heteroatoms. The molecule has 0 atom stereocenters. The van der Waals surface area contributed by atoms with Crippen LogP contribution in [0.2, 0.25) is 0 Å². The lowest BCUT2D eigenvalue weighted by atomic mass is 10.2. The van der Waals surface area contributed by atoms with Crippen molar-refractivity contribution < 1.29 is 18.3 Å². The maximum atomic E-state index is 13.0. The highest BCUT2D eigenvalue weighted by atomic mass is 32.1. The summed E-state index contributed by atoms with van der Waals surface area (Å²) in [4.78, 5) is 25.9. The molecule has 0 unspecified atom stereocenters. The van der Waals surface area contributed by atoms with E-state index < -0.39 is 12.5 Å². The minimum atomic E-state index is -2.67. The van der Waals surface area contributed by atoms with E-state index in [0.717, 1.165) is 4.57 Å². The van der Waals surface area contributed by atoms with E-state index in [1.54, 1.807) is 20.8 Å². The molecular formula is C16H17F2N5O2S. The average molecular weight is 381 g/mol. The molecule has 0 aliphatic heterocycles.